The van der Waals surface area contributed by atoms with Crippen molar-refractivity contribution in [1.29, 1.82) is 0 Å². The Morgan fingerprint density at radius 3 is 2.45 bits per heavy atom. The van der Waals surface area contributed by atoms with Gasteiger partial charge in [0.2, 0.25) is 5.91 Å². The number of ether oxygens (including phenoxy) is 1. The van der Waals surface area contributed by atoms with Crippen molar-refractivity contribution in [3.63, 3.8) is 0 Å². The fraction of sp³-hybridized carbons (Fsp3) is 0.391. The maximum Gasteiger partial charge on any atom is 0.335 e. The summed E-state index contributed by atoms with van der Waals surface area (Å²) in [5, 5.41) is 12.9. The number of carboxylic acids is 1. The van der Waals surface area contributed by atoms with Crippen LogP contribution in [-0.2, 0) is 21.7 Å². The normalized spacial score (nSPS) is 18.5. The summed E-state index contributed by atoms with van der Waals surface area (Å²) in [5.41, 5.74) is 1.72. The standard InChI is InChI=1S/C23H24ClNO4/c24-19-6-1-3-15(13-19)14-29-20(16-4-2-5-16)21(26)25-23(11-12-23)18-9-7-17(8-10-18)22(27)28/h1,3,6-10,13,16,20H,2,4-5,11-12,14H2,(H,25,26)(H,27,28). The van der Waals surface area contributed by atoms with Crippen molar-refractivity contribution in [3.8, 4) is 0 Å². The van der Waals surface area contributed by atoms with Crippen LogP contribution in [0.15, 0.2) is 48.5 Å². The summed E-state index contributed by atoms with van der Waals surface area (Å²) >= 11 is 6.05. The Hall–Kier alpha value is -2.37. The van der Waals surface area contributed by atoms with Gasteiger partial charge >= 0.3 is 5.97 Å². The van der Waals surface area contributed by atoms with Crippen LogP contribution in [-0.4, -0.2) is 23.1 Å². The van der Waals surface area contributed by atoms with Crippen molar-refractivity contribution in [2.75, 3.05) is 0 Å². The molecular formula is C23H24ClNO4. The van der Waals surface area contributed by atoms with E-state index in [0.29, 0.717) is 11.6 Å². The average molecular weight is 414 g/mol. The van der Waals surface area contributed by atoms with Gasteiger partial charge in [-0.2, -0.15) is 0 Å². The van der Waals surface area contributed by atoms with E-state index in [0.717, 1.165) is 43.2 Å². The molecule has 1 atom stereocenters. The Labute approximate surface area is 175 Å². The molecular weight excluding hydrogens is 390 g/mol. The Kier molecular flexibility index (Phi) is 5.61. The Bertz CT molecular complexity index is 903. The number of carboxylic acid groups (broad SMARTS) is 1. The van der Waals surface area contributed by atoms with Crippen LogP contribution in [0.2, 0.25) is 5.02 Å². The van der Waals surface area contributed by atoms with Gasteiger partial charge in [-0.1, -0.05) is 42.3 Å². The lowest BCUT2D eigenvalue weighted by Crippen LogP contribution is -2.47. The molecule has 0 aliphatic heterocycles. The van der Waals surface area contributed by atoms with Crippen molar-refractivity contribution in [2.24, 2.45) is 5.92 Å². The minimum absolute atomic E-state index is 0.0865. The maximum absolute atomic E-state index is 13.1. The van der Waals surface area contributed by atoms with Crippen LogP contribution in [0.1, 0.15) is 53.6 Å². The molecule has 6 heteroatoms. The second kappa shape index (κ2) is 8.17. The summed E-state index contributed by atoms with van der Waals surface area (Å²) in [5.74, 6) is -0.805. The number of hydrogen-bond donors (Lipinski definition) is 2. The highest BCUT2D eigenvalue weighted by molar-refractivity contribution is 6.30. The van der Waals surface area contributed by atoms with Gasteiger partial charge in [0.05, 0.1) is 17.7 Å². The zero-order valence-electron chi connectivity index (χ0n) is 16.1. The summed E-state index contributed by atoms with van der Waals surface area (Å²) in [7, 11) is 0. The lowest BCUT2D eigenvalue weighted by atomic mass is 9.80. The number of carbonyl (C=O) groups excluding carboxylic acids is 1. The molecule has 0 aromatic heterocycles. The van der Waals surface area contributed by atoms with Crippen molar-refractivity contribution < 1.29 is 19.4 Å². The smallest absolute Gasteiger partial charge is 0.335 e. The summed E-state index contributed by atoms with van der Waals surface area (Å²) in [4.78, 5) is 24.2. The predicted molar refractivity (Wildman–Crippen MR) is 110 cm³/mol. The van der Waals surface area contributed by atoms with Crippen LogP contribution in [0.5, 0.6) is 0 Å². The average Bonchev–Trinajstić information content (AvgIpc) is 3.44. The number of rotatable bonds is 8. The SMILES string of the molecule is O=C(O)c1ccc(C2(NC(=O)C(OCc3cccc(Cl)c3)C3CCC3)CC2)cc1. The van der Waals surface area contributed by atoms with Crippen molar-refractivity contribution in [3.05, 3.63) is 70.2 Å². The van der Waals surface area contributed by atoms with E-state index in [1.54, 1.807) is 24.3 Å². The van der Waals surface area contributed by atoms with E-state index < -0.39 is 17.6 Å². The molecule has 1 amide bonds. The number of aromatic carboxylic acids is 1. The van der Waals surface area contributed by atoms with Crippen LogP contribution < -0.4 is 5.32 Å². The minimum Gasteiger partial charge on any atom is -0.478 e. The molecule has 2 saturated carbocycles. The fourth-order valence-electron chi connectivity index (χ4n) is 3.83. The molecule has 5 nitrogen and oxygen atoms in total. The molecule has 0 bridgehead atoms. The number of carbonyl (C=O) groups is 2. The van der Waals surface area contributed by atoms with Gasteiger partial charge in [-0.25, -0.2) is 4.79 Å². The monoisotopic (exact) mass is 413 g/mol. The summed E-state index contributed by atoms with van der Waals surface area (Å²) in [6, 6.07) is 14.2. The third-order valence-electron chi connectivity index (χ3n) is 5.95. The third kappa shape index (κ3) is 4.46. The quantitative estimate of drug-likeness (QED) is 0.666. The van der Waals surface area contributed by atoms with Crippen LogP contribution in [0, 0.1) is 5.92 Å². The Balaban J connectivity index is 1.44. The Morgan fingerprint density at radius 1 is 1.17 bits per heavy atom. The van der Waals surface area contributed by atoms with Gasteiger partial charge in [-0.15, -0.1) is 0 Å². The molecule has 2 N–H and O–H groups in total. The van der Waals surface area contributed by atoms with E-state index in [1.165, 1.54) is 0 Å². The lowest BCUT2D eigenvalue weighted by Gasteiger charge is -2.34. The van der Waals surface area contributed by atoms with Crippen LogP contribution in [0.3, 0.4) is 0 Å². The highest BCUT2D eigenvalue weighted by atomic mass is 35.5. The van der Waals surface area contributed by atoms with Crippen molar-refractivity contribution in [2.45, 2.75) is 50.4 Å². The molecule has 2 aliphatic rings. The van der Waals surface area contributed by atoms with Gasteiger partial charge in [0, 0.05) is 5.02 Å². The van der Waals surface area contributed by atoms with Gasteiger partial charge in [0.15, 0.2) is 0 Å². The van der Waals surface area contributed by atoms with Crippen molar-refractivity contribution >= 4 is 23.5 Å². The van der Waals surface area contributed by atoms with E-state index in [1.807, 2.05) is 24.3 Å². The Morgan fingerprint density at radius 2 is 1.90 bits per heavy atom. The van der Waals surface area contributed by atoms with Crippen molar-refractivity contribution in [1.82, 2.24) is 5.32 Å². The minimum atomic E-state index is -0.954. The number of halogens is 1. The molecule has 4 rings (SSSR count). The molecule has 0 heterocycles. The van der Waals surface area contributed by atoms with Gasteiger partial charge in [-0.3, -0.25) is 4.79 Å². The zero-order valence-corrected chi connectivity index (χ0v) is 16.8. The second-order valence-corrected chi connectivity index (χ2v) is 8.44. The van der Waals surface area contributed by atoms with Crippen LogP contribution in [0.25, 0.3) is 0 Å². The number of benzene rings is 2. The van der Waals surface area contributed by atoms with E-state index >= 15 is 0 Å². The fourth-order valence-corrected chi connectivity index (χ4v) is 4.04. The molecule has 2 aromatic rings. The van der Waals surface area contributed by atoms with Crippen LogP contribution >= 0.6 is 11.6 Å². The largest absolute Gasteiger partial charge is 0.478 e. The summed E-state index contributed by atoms with van der Waals surface area (Å²) < 4.78 is 6.06. The molecule has 0 saturated heterocycles. The molecule has 2 aromatic carbocycles. The lowest BCUT2D eigenvalue weighted by molar-refractivity contribution is -0.141. The highest BCUT2D eigenvalue weighted by Crippen LogP contribution is 2.46. The second-order valence-electron chi connectivity index (χ2n) is 8.01. The number of amides is 1. The van der Waals surface area contributed by atoms with E-state index in [4.69, 9.17) is 21.4 Å². The first-order valence-electron chi connectivity index (χ1n) is 9.99. The third-order valence-corrected chi connectivity index (χ3v) is 6.19. The molecule has 0 radical (unpaired) electrons. The number of nitrogens with one attached hydrogen (secondary N) is 1. The molecule has 152 valence electrons. The van der Waals surface area contributed by atoms with E-state index in [-0.39, 0.29) is 17.4 Å². The summed E-state index contributed by atoms with van der Waals surface area (Å²) in [6.07, 6.45) is 4.31. The maximum atomic E-state index is 13.1. The first-order chi connectivity index (χ1) is 14.0. The van der Waals surface area contributed by atoms with E-state index in [9.17, 15) is 9.59 Å². The molecule has 2 fully saturated rings. The highest BCUT2D eigenvalue weighted by Gasteiger charge is 2.47. The topological polar surface area (TPSA) is 75.6 Å². The van der Waals surface area contributed by atoms with E-state index in [2.05, 4.69) is 5.32 Å². The zero-order chi connectivity index (χ0) is 20.4. The van der Waals surface area contributed by atoms with Gasteiger partial charge in [0.1, 0.15) is 6.10 Å². The van der Waals surface area contributed by atoms with Gasteiger partial charge < -0.3 is 15.2 Å². The molecule has 1 unspecified atom stereocenters. The first-order valence-corrected chi connectivity index (χ1v) is 10.4. The predicted octanol–water partition coefficient (Wildman–Crippen LogP) is 4.53. The molecule has 29 heavy (non-hydrogen) atoms. The van der Waals surface area contributed by atoms with Crippen LogP contribution in [0.4, 0.5) is 0 Å². The first kappa shape index (κ1) is 19.9. The van der Waals surface area contributed by atoms with Gasteiger partial charge in [0.25, 0.3) is 0 Å². The number of hydrogen-bond acceptors (Lipinski definition) is 3. The molecule has 2 aliphatic carbocycles. The van der Waals surface area contributed by atoms with Gasteiger partial charge in [-0.05, 0) is 67.0 Å². The molecule has 0 spiro atoms. The summed E-state index contributed by atoms with van der Waals surface area (Å²) in [6.45, 7) is 0.343.